The average Bonchev–Trinajstić information content (AvgIpc) is 3.12. The van der Waals surface area contributed by atoms with Gasteiger partial charge in [-0.15, -0.1) is 0 Å². The Bertz CT molecular complexity index is 1250. The Kier molecular flexibility index (Phi) is 3.57. The van der Waals surface area contributed by atoms with Gasteiger partial charge >= 0.3 is 0 Å². The molecule has 0 fully saturated rings. The molecule has 4 aromatic heterocycles. The number of hydrogen-bond donors (Lipinski definition) is 1. The number of ether oxygens (including phenoxy) is 1. The number of aromatic nitrogens is 4. The third kappa shape index (κ3) is 2.52. The van der Waals surface area contributed by atoms with Gasteiger partial charge in [0, 0.05) is 57.8 Å². The summed E-state index contributed by atoms with van der Waals surface area (Å²) in [4.78, 5) is 16.6. The fraction of sp³-hybridized carbons (Fsp3) is 0.0455. The lowest BCUT2D eigenvalue weighted by molar-refractivity contribution is 0.417. The number of aromatic amines is 1. The molecule has 0 amide bonds. The highest BCUT2D eigenvalue weighted by atomic mass is 16.5. The normalized spacial score (nSPS) is 11.1. The van der Waals surface area contributed by atoms with Crippen LogP contribution in [-0.4, -0.2) is 27.0 Å². The summed E-state index contributed by atoms with van der Waals surface area (Å²) in [6, 6.07) is 14.0. The maximum absolute atomic E-state index is 5.67. The van der Waals surface area contributed by atoms with Gasteiger partial charge in [-0.2, -0.15) is 0 Å². The van der Waals surface area contributed by atoms with Crippen molar-refractivity contribution in [3.63, 3.8) is 0 Å². The highest BCUT2D eigenvalue weighted by Crippen LogP contribution is 2.41. The van der Waals surface area contributed by atoms with Gasteiger partial charge in [0.1, 0.15) is 5.75 Å². The van der Waals surface area contributed by atoms with Gasteiger partial charge in [0.25, 0.3) is 0 Å². The molecular weight excluding hydrogens is 336 g/mol. The van der Waals surface area contributed by atoms with Crippen LogP contribution in [0.25, 0.3) is 44.2 Å². The number of hydrogen-bond acceptors (Lipinski definition) is 4. The van der Waals surface area contributed by atoms with Crippen LogP contribution in [0.3, 0.4) is 0 Å². The number of H-pyrrole nitrogens is 1. The molecule has 0 saturated heterocycles. The summed E-state index contributed by atoms with van der Waals surface area (Å²) in [6.07, 6.45) is 9.09. The topological polar surface area (TPSA) is 63.7 Å². The van der Waals surface area contributed by atoms with Crippen molar-refractivity contribution in [1.82, 2.24) is 19.9 Å². The third-order valence-corrected chi connectivity index (χ3v) is 4.74. The second-order valence-corrected chi connectivity index (χ2v) is 6.29. The van der Waals surface area contributed by atoms with Crippen molar-refractivity contribution in [3.8, 4) is 28.1 Å². The van der Waals surface area contributed by atoms with E-state index in [1.165, 1.54) is 0 Å². The molecule has 27 heavy (non-hydrogen) atoms. The van der Waals surface area contributed by atoms with Gasteiger partial charge in [-0.3, -0.25) is 15.0 Å². The van der Waals surface area contributed by atoms with E-state index in [1.807, 2.05) is 55.0 Å². The predicted molar refractivity (Wildman–Crippen MR) is 107 cm³/mol. The van der Waals surface area contributed by atoms with Crippen molar-refractivity contribution in [3.05, 3.63) is 73.4 Å². The van der Waals surface area contributed by atoms with E-state index in [0.717, 1.165) is 49.9 Å². The fourth-order valence-electron chi connectivity index (χ4n) is 3.51. The molecule has 4 heterocycles. The summed E-state index contributed by atoms with van der Waals surface area (Å²) in [7, 11) is 1.69. The van der Waals surface area contributed by atoms with Gasteiger partial charge in [-0.1, -0.05) is 6.07 Å². The summed E-state index contributed by atoms with van der Waals surface area (Å²) in [5.41, 5.74) is 5.93. The highest BCUT2D eigenvalue weighted by molar-refractivity contribution is 6.16. The van der Waals surface area contributed by atoms with Crippen molar-refractivity contribution < 1.29 is 4.74 Å². The first kappa shape index (κ1) is 15.5. The minimum absolute atomic E-state index is 0.816. The number of rotatable bonds is 3. The predicted octanol–water partition coefficient (Wildman–Crippen LogP) is 4.85. The van der Waals surface area contributed by atoms with E-state index >= 15 is 0 Å². The lowest BCUT2D eigenvalue weighted by Gasteiger charge is -2.10. The zero-order valence-electron chi connectivity index (χ0n) is 14.7. The van der Waals surface area contributed by atoms with Crippen LogP contribution in [0.15, 0.2) is 73.4 Å². The molecule has 1 aromatic carbocycles. The van der Waals surface area contributed by atoms with E-state index in [-0.39, 0.29) is 0 Å². The number of methoxy groups -OCH3 is 1. The molecule has 0 radical (unpaired) electrons. The van der Waals surface area contributed by atoms with Gasteiger partial charge in [-0.05, 0) is 36.4 Å². The third-order valence-electron chi connectivity index (χ3n) is 4.74. The summed E-state index contributed by atoms with van der Waals surface area (Å²) < 4.78 is 5.67. The Hall–Kier alpha value is -3.73. The van der Waals surface area contributed by atoms with Crippen LogP contribution in [0.2, 0.25) is 0 Å². The molecule has 5 aromatic rings. The van der Waals surface area contributed by atoms with E-state index < -0.39 is 0 Å². The molecule has 0 spiro atoms. The van der Waals surface area contributed by atoms with Crippen LogP contribution in [0.1, 0.15) is 0 Å². The smallest absolute Gasteiger partial charge is 0.127 e. The lowest BCUT2D eigenvalue weighted by atomic mass is 9.99. The van der Waals surface area contributed by atoms with E-state index in [1.54, 1.807) is 19.5 Å². The Morgan fingerprint density at radius 3 is 2.33 bits per heavy atom. The molecular formula is C22H16N4O. The molecule has 5 nitrogen and oxygen atoms in total. The number of nitrogens with zero attached hydrogens (tertiary/aromatic N) is 3. The van der Waals surface area contributed by atoms with Gasteiger partial charge in [0.05, 0.1) is 24.5 Å². The Balaban J connectivity index is 1.87. The summed E-state index contributed by atoms with van der Waals surface area (Å²) in [5.74, 6) is 0.816. The van der Waals surface area contributed by atoms with Crippen LogP contribution in [0.5, 0.6) is 5.75 Å². The van der Waals surface area contributed by atoms with E-state index in [9.17, 15) is 0 Å². The van der Waals surface area contributed by atoms with Crippen LogP contribution in [0, 0.1) is 0 Å². The van der Waals surface area contributed by atoms with Gasteiger partial charge in [0.2, 0.25) is 0 Å². The monoisotopic (exact) mass is 352 g/mol. The number of nitrogens with one attached hydrogen (secondary N) is 1. The van der Waals surface area contributed by atoms with Gasteiger partial charge in [-0.25, -0.2) is 0 Å². The summed E-state index contributed by atoms with van der Waals surface area (Å²) >= 11 is 0. The van der Waals surface area contributed by atoms with E-state index in [4.69, 9.17) is 4.74 Å². The van der Waals surface area contributed by atoms with Crippen molar-refractivity contribution in [2.75, 3.05) is 7.11 Å². The number of benzene rings is 1. The van der Waals surface area contributed by atoms with Crippen molar-refractivity contribution in [2.45, 2.75) is 0 Å². The van der Waals surface area contributed by atoms with Gasteiger partial charge in [0.15, 0.2) is 0 Å². The van der Waals surface area contributed by atoms with E-state index in [0.29, 0.717) is 0 Å². The molecule has 0 saturated carbocycles. The molecule has 130 valence electrons. The number of fused-ring (bicyclic) bond motifs is 3. The zero-order valence-corrected chi connectivity index (χ0v) is 14.7. The number of pyridine rings is 3. The fourth-order valence-corrected chi connectivity index (χ4v) is 3.51. The maximum Gasteiger partial charge on any atom is 0.127 e. The Labute approximate surface area is 155 Å². The van der Waals surface area contributed by atoms with Crippen molar-refractivity contribution in [2.24, 2.45) is 0 Å². The molecule has 0 atom stereocenters. The Morgan fingerprint density at radius 2 is 1.63 bits per heavy atom. The maximum atomic E-state index is 5.67. The molecule has 0 unspecified atom stereocenters. The largest absolute Gasteiger partial charge is 0.496 e. The van der Waals surface area contributed by atoms with Crippen LogP contribution >= 0.6 is 0 Å². The van der Waals surface area contributed by atoms with Crippen molar-refractivity contribution >= 4 is 21.8 Å². The Morgan fingerprint density at radius 1 is 0.852 bits per heavy atom. The standard InChI is InChI=1S/C22H16N4O/c1-27-20-7-6-17-22(21(20)15-5-3-9-24-12-15)16-10-18(25-13-19(16)26-17)14-4-2-8-23-11-14/h2-13,26H,1H3. The first-order chi connectivity index (χ1) is 13.3. The summed E-state index contributed by atoms with van der Waals surface area (Å²) in [6.45, 7) is 0. The van der Waals surface area contributed by atoms with Gasteiger partial charge < -0.3 is 9.72 Å². The molecule has 0 bridgehead atoms. The highest BCUT2D eigenvalue weighted by Gasteiger charge is 2.16. The molecule has 0 aliphatic heterocycles. The molecule has 0 aliphatic carbocycles. The molecule has 5 rings (SSSR count). The molecule has 1 N–H and O–H groups in total. The average molecular weight is 352 g/mol. The SMILES string of the molecule is COc1ccc2[nH]c3cnc(-c4cccnc4)cc3c2c1-c1cccnc1. The van der Waals surface area contributed by atoms with Crippen LogP contribution in [-0.2, 0) is 0 Å². The van der Waals surface area contributed by atoms with Crippen LogP contribution in [0.4, 0.5) is 0 Å². The second-order valence-electron chi connectivity index (χ2n) is 6.29. The summed E-state index contributed by atoms with van der Waals surface area (Å²) in [5, 5.41) is 2.20. The minimum atomic E-state index is 0.816. The molecule has 0 aliphatic rings. The second kappa shape index (κ2) is 6.21. The van der Waals surface area contributed by atoms with Crippen molar-refractivity contribution in [1.29, 1.82) is 0 Å². The quantitative estimate of drug-likeness (QED) is 0.504. The first-order valence-electron chi connectivity index (χ1n) is 8.64. The lowest BCUT2D eigenvalue weighted by Crippen LogP contribution is -1.90. The van der Waals surface area contributed by atoms with Crippen LogP contribution < -0.4 is 4.74 Å². The first-order valence-corrected chi connectivity index (χ1v) is 8.64. The minimum Gasteiger partial charge on any atom is -0.496 e. The zero-order chi connectivity index (χ0) is 18.2. The van der Waals surface area contributed by atoms with E-state index in [2.05, 4.69) is 26.0 Å². The molecule has 5 heteroatoms.